The largest absolute Gasteiger partial charge is 0.338 e. The number of rotatable bonds is 4. The highest BCUT2D eigenvalue weighted by Gasteiger charge is 2.35. The highest BCUT2D eigenvalue weighted by Crippen LogP contribution is 2.37. The van der Waals surface area contributed by atoms with Crippen molar-refractivity contribution < 1.29 is 14.0 Å². The molecule has 0 saturated carbocycles. The van der Waals surface area contributed by atoms with Crippen LogP contribution in [0.5, 0.6) is 0 Å². The van der Waals surface area contributed by atoms with Crippen LogP contribution in [-0.2, 0) is 11.2 Å². The van der Waals surface area contributed by atoms with Crippen LogP contribution in [0.15, 0.2) is 60.0 Å². The molecule has 0 N–H and O–H groups in total. The van der Waals surface area contributed by atoms with E-state index in [4.69, 9.17) is 0 Å². The number of hydrogen-bond donors (Lipinski definition) is 0. The average molecular weight is 492 g/mol. The van der Waals surface area contributed by atoms with Gasteiger partial charge in [0.2, 0.25) is 5.91 Å². The minimum atomic E-state index is -0.264. The van der Waals surface area contributed by atoms with Crippen LogP contribution in [0, 0.1) is 12.7 Å². The molecule has 35 heavy (non-hydrogen) atoms. The number of thiophene rings is 1. The monoisotopic (exact) mass is 491 g/mol. The van der Waals surface area contributed by atoms with E-state index in [1.165, 1.54) is 16.5 Å². The number of hydrogen-bond acceptors (Lipinski definition) is 4. The lowest BCUT2D eigenvalue weighted by molar-refractivity contribution is -0.135. The van der Waals surface area contributed by atoms with Gasteiger partial charge in [0, 0.05) is 42.7 Å². The Morgan fingerprint density at radius 2 is 1.89 bits per heavy atom. The number of fused-ring (bicyclic) bond motifs is 1. The molecule has 1 fully saturated rings. The molecule has 3 aromatic rings. The molecule has 2 amide bonds. The number of piperazine rings is 1. The maximum atomic E-state index is 14.1. The molecule has 5 rings (SSSR count). The number of aryl methyl sites for hydroxylation is 1. The molecule has 0 spiro atoms. The second-order valence-corrected chi connectivity index (χ2v) is 10.5. The number of carbonyl (C=O) groups is 2. The zero-order valence-corrected chi connectivity index (χ0v) is 20.9. The predicted molar refractivity (Wildman–Crippen MR) is 136 cm³/mol. The number of halogens is 1. The summed E-state index contributed by atoms with van der Waals surface area (Å²) in [5.41, 5.74) is 3.72. The van der Waals surface area contributed by atoms with Crippen molar-refractivity contribution >= 4 is 23.2 Å². The van der Waals surface area contributed by atoms with Gasteiger partial charge < -0.3 is 9.80 Å². The summed E-state index contributed by atoms with van der Waals surface area (Å²) in [5.74, 6) is -0.186. The third kappa shape index (κ3) is 4.75. The fourth-order valence-electron chi connectivity index (χ4n) is 5.33. The summed E-state index contributed by atoms with van der Waals surface area (Å²) in [7, 11) is 0. The third-order valence-electron chi connectivity index (χ3n) is 7.18. The molecule has 0 aliphatic carbocycles. The molecule has 1 aromatic heterocycles. The van der Waals surface area contributed by atoms with Crippen molar-refractivity contribution in [3.63, 3.8) is 0 Å². The van der Waals surface area contributed by atoms with Gasteiger partial charge >= 0.3 is 0 Å². The zero-order chi connectivity index (χ0) is 24.5. The van der Waals surface area contributed by atoms with E-state index in [2.05, 4.69) is 16.3 Å². The van der Waals surface area contributed by atoms with Gasteiger partial charge in [-0.2, -0.15) is 0 Å². The van der Waals surface area contributed by atoms with Crippen molar-refractivity contribution in [1.82, 2.24) is 14.7 Å². The number of carbonyl (C=O) groups excluding carboxylic acids is 2. The first-order valence-corrected chi connectivity index (χ1v) is 13.0. The van der Waals surface area contributed by atoms with Gasteiger partial charge in [0.05, 0.1) is 12.6 Å². The molecule has 2 aromatic carbocycles. The Morgan fingerprint density at radius 3 is 2.66 bits per heavy atom. The standard InChI is InChI=1S/C28H30FN3O2S/c1-19-6-3-4-9-23(19)28(34)32-14-13-30(17-20(32)2)26(33)18-31-12-10-25-24(11-15-35-25)27(31)21-7-5-8-22(29)16-21/h3-9,11,15-16,20,27H,10,12-14,17-18H2,1-2H3. The minimum Gasteiger partial charge on any atom is -0.338 e. The second-order valence-electron chi connectivity index (χ2n) is 9.48. The maximum absolute atomic E-state index is 14.1. The van der Waals surface area contributed by atoms with Crippen molar-refractivity contribution in [3.05, 3.63) is 92.9 Å². The van der Waals surface area contributed by atoms with Crippen molar-refractivity contribution in [3.8, 4) is 0 Å². The van der Waals surface area contributed by atoms with Gasteiger partial charge in [0.25, 0.3) is 5.91 Å². The Morgan fingerprint density at radius 1 is 1.06 bits per heavy atom. The van der Waals surface area contributed by atoms with Gasteiger partial charge in [-0.3, -0.25) is 14.5 Å². The molecule has 0 radical (unpaired) electrons. The van der Waals surface area contributed by atoms with Crippen LogP contribution in [0.25, 0.3) is 0 Å². The van der Waals surface area contributed by atoms with E-state index in [1.54, 1.807) is 23.5 Å². The molecule has 2 aliphatic rings. The number of amides is 2. The van der Waals surface area contributed by atoms with Gasteiger partial charge in [0.15, 0.2) is 0 Å². The number of benzene rings is 2. The summed E-state index contributed by atoms with van der Waals surface area (Å²) in [6.07, 6.45) is 0.890. The van der Waals surface area contributed by atoms with E-state index < -0.39 is 0 Å². The van der Waals surface area contributed by atoms with Crippen molar-refractivity contribution in [2.45, 2.75) is 32.4 Å². The molecule has 5 nitrogen and oxygen atoms in total. The zero-order valence-electron chi connectivity index (χ0n) is 20.1. The average Bonchev–Trinajstić information content (AvgIpc) is 3.32. The van der Waals surface area contributed by atoms with Gasteiger partial charge in [-0.15, -0.1) is 11.3 Å². The van der Waals surface area contributed by atoms with E-state index in [0.29, 0.717) is 19.6 Å². The smallest absolute Gasteiger partial charge is 0.254 e. The van der Waals surface area contributed by atoms with Crippen molar-refractivity contribution in [2.75, 3.05) is 32.7 Å². The first-order valence-electron chi connectivity index (χ1n) is 12.1. The highest BCUT2D eigenvalue weighted by molar-refractivity contribution is 7.10. The van der Waals surface area contributed by atoms with Gasteiger partial charge in [0.1, 0.15) is 5.82 Å². The van der Waals surface area contributed by atoms with E-state index in [-0.39, 0.29) is 36.3 Å². The topological polar surface area (TPSA) is 43.9 Å². The van der Waals surface area contributed by atoms with Crippen LogP contribution >= 0.6 is 11.3 Å². The summed E-state index contributed by atoms with van der Waals surface area (Å²) < 4.78 is 14.1. The van der Waals surface area contributed by atoms with E-state index in [0.717, 1.165) is 29.7 Å². The van der Waals surface area contributed by atoms with Gasteiger partial charge in [-0.25, -0.2) is 4.39 Å². The Hall–Kier alpha value is -3.03. The maximum Gasteiger partial charge on any atom is 0.254 e. The summed E-state index contributed by atoms with van der Waals surface area (Å²) in [4.78, 5) is 33.8. The Balaban J connectivity index is 1.29. The van der Waals surface area contributed by atoms with Crippen LogP contribution < -0.4 is 0 Å². The molecular weight excluding hydrogens is 461 g/mol. The summed E-state index contributed by atoms with van der Waals surface area (Å²) >= 11 is 1.73. The summed E-state index contributed by atoms with van der Waals surface area (Å²) in [5, 5.41) is 2.08. The summed E-state index contributed by atoms with van der Waals surface area (Å²) in [6, 6.07) is 16.2. The van der Waals surface area contributed by atoms with Crippen LogP contribution in [-0.4, -0.2) is 65.3 Å². The third-order valence-corrected chi connectivity index (χ3v) is 8.18. The molecular formula is C28H30FN3O2S. The molecule has 182 valence electrons. The highest BCUT2D eigenvalue weighted by atomic mass is 32.1. The van der Waals surface area contributed by atoms with E-state index >= 15 is 0 Å². The molecule has 1 saturated heterocycles. The van der Waals surface area contributed by atoms with Crippen LogP contribution in [0.2, 0.25) is 0 Å². The van der Waals surface area contributed by atoms with E-state index in [9.17, 15) is 14.0 Å². The first kappa shape index (κ1) is 23.7. The second kappa shape index (κ2) is 9.91. The Bertz CT molecular complexity index is 1240. The lowest BCUT2D eigenvalue weighted by Crippen LogP contribution is -2.57. The fraction of sp³-hybridized carbons (Fsp3) is 0.357. The fourth-order valence-corrected chi connectivity index (χ4v) is 6.24. The minimum absolute atomic E-state index is 0.0230. The first-order chi connectivity index (χ1) is 16.9. The lowest BCUT2D eigenvalue weighted by Gasteiger charge is -2.42. The molecule has 0 bridgehead atoms. The number of nitrogens with zero attached hydrogens (tertiary/aromatic N) is 3. The molecule has 2 aliphatic heterocycles. The van der Waals surface area contributed by atoms with E-state index in [1.807, 2.05) is 54.0 Å². The van der Waals surface area contributed by atoms with Crippen molar-refractivity contribution in [1.29, 1.82) is 0 Å². The molecule has 7 heteroatoms. The Kier molecular flexibility index (Phi) is 6.71. The molecule has 3 heterocycles. The molecule has 2 atom stereocenters. The molecule has 2 unspecified atom stereocenters. The van der Waals surface area contributed by atoms with Crippen LogP contribution in [0.1, 0.15) is 44.9 Å². The van der Waals surface area contributed by atoms with Crippen LogP contribution in [0.4, 0.5) is 4.39 Å². The van der Waals surface area contributed by atoms with Gasteiger partial charge in [-0.1, -0.05) is 30.3 Å². The van der Waals surface area contributed by atoms with Gasteiger partial charge in [-0.05, 0) is 66.6 Å². The van der Waals surface area contributed by atoms with Crippen LogP contribution in [0.3, 0.4) is 0 Å². The van der Waals surface area contributed by atoms with Crippen molar-refractivity contribution in [2.24, 2.45) is 0 Å². The quantitative estimate of drug-likeness (QED) is 0.539. The normalized spacial score (nSPS) is 20.5. The lowest BCUT2D eigenvalue weighted by atomic mass is 9.93. The summed E-state index contributed by atoms with van der Waals surface area (Å²) in [6.45, 7) is 6.52. The Labute approximate surface area is 209 Å². The predicted octanol–water partition coefficient (Wildman–Crippen LogP) is 4.52. The SMILES string of the molecule is Cc1ccccc1C(=O)N1CCN(C(=O)CN2CCc3sccc3C2c2cccc(F)c2)CC1C.